The van der Waals surface area contributed by atoms with Crippen LogP contribution in [0, 0.1) is 0 Å². The summed E-state index contributed by atoms with van der Waals surface area (Å²) in [7, 11) is 0. The summed E-state index contributed by atoms with van der Waals surface area (Å²) in [6.07, 6.45) is 1.81. The van der Waals surface area contributed by atoms with Crippen molar-refractivity contribution >= 4 is 23.5 Å². The summed E-state index contributed by atoms with van der Waals surface area (Å²) in [4.78, 5) is 23.3. The minimum Gasteiger partial charge on any atom is -0.507 e. The third-order valence-electron chi connectivity index (χ3n) is 2.64. The lowest BCUT2D eigenvalue weighted by molar-refractivity contribution is -0.124. The third-order valence-corrected chi connectivity index (χ3v) is 2.88. The highest BCUT2D eigenvalue weighted by Crippen LogP contribution is 2.22. The van der Waals surface area contributed by atoms with Crippen molar-refractivity contribution in [3.8, 4) is 5.75 Å². The van der Waals surface area contributed by atoms with E-state index in [4.69, 9.17) is 16.3 Å². The first-order valence-corrected chi connectivity index (χ1v) is 6.76. The van der Waals surface area contributed by atoms with Crippen LogP contribution in [-0.2, 0) is 9.53 Å². The lowest BCUT2D eigenvalue weighted by atomic mass is 10.2. The number of hydrogen-bond acceptors (Lipinski definition) is 4. The maximum atomic E-state index is 11.7. The highest BCUT2D eigenvalue weighted by atomic mass is 35.5. The Kier molecular flexibility index (Phi) is 6.31. The fourth-order valence-corrected chi connectivity index (χ4v) is 1.87. The van der Waals surface area contributed by atoms with Gasteiger partial charge in [0.25, 0.3) is 5.91 Å². The van der Waals surface area contributed by atoms with Crippen LogP contribution < -0.4 is 5.32 Å². The zero-order valence-corrected chi connectivity index (χ0v) is 12.2. The summed E-state index contributed by atoms with van der Waals surface area (Å²) >= 11 is 5.73. The largest absolute Gasteiger partial charge is 0.507 e. The summed E-state index contributed by atoms with van der Waals surface area (Å²) in [5.41, 5.74) is -0.0630. The average molecular weight is 300 g/mol. The Labute approximate surface area is 122 Å². The second-order valence-corrected chi connectivity index (χ2v) is 4.93. The van der Waals surface area contributed by atoms with Gasteiger partial charge in [-0.25, -0.2) is 4.79 Å². The van der Waals surface area contributed by atoms with Gasteiger partial charge in [0.2, 0.25) is 0 Å². The molecule has 2 N–H and O–H groups in total. The van der Waals surface area contributed by atoms with E-state index in [2.05, 4.69) is 5.32 Å². The van der Waals surface area contributed by atoms with E-state index in [1.165, 1.54) is 18.2 Å². The molecule has 1 aromatic rings. The zero-order chi connectivity index (χ0) is 15.1. The molecule has 1 atom stereocenters. The highest BCUT2D eigenvalue weighted by Gasteiger charge is 2.15. The predicted molar refractivity (Wildman–Crippen MR) is 75.9 cm³/mol. The van der Waals surface area contributed by atoms with E-state index < -0.39 is 12.6 Å². The molecule has 0 unspecified atom stereocenters. The van der Waals surface area contributed by atoms with Crippen LogP contribution in [0.1, 0.15) is 37.0 Å². The van der Waals surface area contributed by atoms with E-state index in [1.807, 2.05) is 13.8 Å². The molecule has 6 heteroatoms. The molecule has 1 amide bonds. The predicted octanol–water partition coefficient (Wildman–Crippen LogP) is 2.51. The van der Waals surface area contributed by atoms with Gasteiger partial charge in [0.05, 0.1) is 0 Å². The maximum Gasteiger partial charge on any atom is 0.342 e. The molecular weight excluding hydrogens is 282 g/mol. The van der Waals surface area contributed by atoms with E-state index in [1.54, 1.807) is 0 Å². The number of esters is 1. The molecule has 0 aliphatic heterocycles. The number of carbonyl (C=O) groups excluding carboxylic acids is 2. The fourth-order valence-electron chi connectivity index (χ4n) is 1.70. The standard InChI is InChI=1S/C14H18ClNO4/c1-3-4-9(2)16-13(18)8-20-14(19)11-7-10(15)5-6-12(11)17/h5-7,9,17H,3-4,8H2,1-2H3,(H,16,18)/t9-/m1/s1. The second-order valence-electron chi connectivity index (χ2n) is 4.49. The van der Waals surface area contributed by atoms with Gasteiger partial charge in [-0.15, -0.1) is 0 Å². The number of aromatic hydroxyl groups is 1. The molecule has 0 aliphatic carbocycles. The van der Waals surface area contributed by atoms with Gasteiger partial charge in [-0.3, -0.25) is 4.79 Å². The Morgan fingerprint density at radius 1 is 1.45 bits per heavy atom. The summed E-state index contributed by atoms with van der Waals surface area (Å²) in [6, 6.07) is 4.07. The SMILES string of the molecule is CCC[C@@H](C)NC(=O)COC(=O)c1cc(Cl)ccc1O. The van der Waals surface area contributed by atoms with Crippen LogP contribution in [0.3, 0.4) is 0 Å². The van der Waals surface area contributed by atoms with Gasteiger partial charge in [-0.2, -0.15) is 0 Å². The molecule has 0 heterocycles. The second kappa shape index (κ2) is 7.75. The minimum absolute atomic E-state index is 0.0331. The van der Waals surface area contributed by atoms with E-state index in [0.29, 0.717) is 5.02 Å². The molecule has 0 fully saturated rings. The van der Waals surface area contributed by atoms with Gasteiger partial charge in [0.15, 0.2) is 6.61 Å². The number of rotatable bonds is 6. The van der Waals surface area contributed by atoms with Crippen LogP contribution >= 0.6 is 11.6 Å². The number of hydrogen-bond donors (Lipinski definition) is 2. The van der Waals surface area contributed by atoms with Crippen LogP contribution in [-0.4, -0.2) is 29.6 Å². The Hall–Kier alpha value is -1.75. The molecule has 1 aromatic carbocycles. The molecule has 1 rings (SSSR count). The van der Waals surface area contributed by atoms with Crippen LogP contribution in [0.5, 0.6) is 5.75 Å². The van der Waals surface area contributed by atoms with Crippen molar-refractivity contribution in [2.75, 3.05) is 6.61 Å². The van der Waals surface area contributed by atoms with Crippen molar-refractivity contribution in [1.82, 2.24) is 5.32 Å². The Balaban J connectivity index is 2.51. The molecule has 0 aliphatic rings. The summed E-state index contributed by atoms with van der Waals surface area (Å²) in [6.45, 7) is 3.51. The number of amides is 1. The maximum absolute atomic E-state index is 11.7. The van der Waals surface area contributed by atoms with Crippen molar-refractivity contribution < 1.29 is 19.4 Å². The number of nitrogens with one attached hydrogen (secondary N) is 1. The molecule has 110 valence electrons. The van der Waals surface area contributed by atoms with Crippen molar-refractivity contribution in [1.29, 1.82) is 0 Å². The van der Waals surface area contributed by atoms with Crippen LogP contribution in [0.15, 0.2) is 18.2 Å². The van der Waals surface area contributed by atoms with Gasteiger partial charge in [0.1, 0.15) is 11.3 Å². The normalized spacial score (nSPS) is 11.8. The van der Waals surface area contributed by atoms with E-state index in [9.17, 15) is 14.7 Å². The van der Waals surface area contributed by atoms with Crippen LogP contribution in [0.2, 0.25) is 5.02 Å². The zero-order valence-electron chi connectivity index (χ0n) is 11.5. The highest BCUT2D eigenvalue weighted by molar-refractivity contribution is 6.31. The number of halogens is 1. The number of phenols is 1. The van der Waals surface area contributed by atoms with Crippen molar-refractivity contribution in [3.63, 3.8) is 0 Å². The first kappa shape index (κ1) is 16.3. The molecule has 0 saturated heterocycles. The van der Waals surface area contributed by atoms with E-state index >= 15 is 0 Å². The minimum atomic E-state index is -0.789. The van der Waals surface area contributed by atoms with E-state index in [-0.39, 0.29) is 23.3 Å². The van der Waals surface area contributed by atoms with Gasteiger partial charge < -0.3 is 15.2 Å². The molecule has 20 heavy (non-hydrogen) atoms. The van der Waals surface area contributed by atoms with Crippen LogP contribution in [0.4, 0.5) is 0 Å². The van der Waals surface area contributed by atoms with E-state index in [0.717, 1.165) is 12.8 Å². The number of carbonyl (C=O) groups is 2. The first-order valence-electron chi connectivity index (χ1n) is 6.39. The Morgan fingerprint density at radius 3 is 2.80 bits per heavy atom. The fraction of sp³-hybridized carbons (Fsp3) is 0.429. The summed E-state index contributed by atoms with van der Waals surface area (Å²) < 4.78 is 4.84. The Morgan fingerprint density at radius 2 is 2.15 bits per heavy atom. The van der Waals surface area contributed by atoms with Crippen molar-refractivity contribution in [3.05, 3.63) is 28.8 Å². The molecular formula is C14H18ClNO4. The number of benzene rings is 1. The first-order chi connectivity index (χ1) is 9.43. The summed E-state index contributed by atoms with van der Waals surface area (Å²) in [5, 5.41) is 12.5. The topological polar surface area (TPSA) is 75.6 Å². The van der Waals surface area contributed by atoms with Crippen molar-refractivity contribution in [2.24, 2.45) is 0 Å². The van der Waals surface area contributed by atoms with Crippen LogP contribution in [0.25, 0.3) is 0 Å². The third kappa shape index (κ3) is 5.09. The van der Waals surface area contributed by atoms with Gasteiger partial charge >= 0.3 is 5.97 Å². The van der Waals surface area contributed by atoms with Gasteiger partial charge in [0, 0.05) is 11.1 Å². The molecule has 0 saturated carbocycles. The molecule has 0 bridgehead atoms. The van der Waals surface area contributed by atoms with Gasteiger partial charge in [-0.1, -0.05) is 24.9 Å². The number of ether oxygens (including phenoxy) is 1. The quantitative estimate of drug-likeness (QED) is 0.791. The number of phenolic OH excluding ortho intramolecular Hbond substituents is 1. The summed E-state index contributed by atoms with van der Waals surface area (Å²) in [5.74, 6) is -1.40. The smallest absolute Gasteiger partial charge is 0.342 e. The lowest BCUT2D eigenvalue weighted by Gasteiger charge is -2.13. The molecule has 0 radical (unpaired) electrons. The lowest BCUT2D eigenvalue weighted by Crippen LogP contribution is -2.35. The molecule has 0 aromatic heterocycles. The Bertz CT molecular complexity index is 490. The molecule has 5 nitrogen and oxygen atoms in total. The monoisotopic (exact) mass is 299 g/mol. The van der Waals surface area contributed by atoms with Gasteiger partial charge in [-0.05, 0) is 31.5 Å². The molecule has 0 spiro atoms. The average Bonchev–Trinajstić information content (AvgIpc) is 2.39. The van der Waals surface area contributed by atoms with Crippen molar-refractivity contribution in [2.45, 2.75) is 32.7 Å².